The van der Waals surface area contributed by atoms with E-state index in [4.69, 9.17) is 11.6 Å². The summed E-state index contributed by atoms with van der Waals surface area (Å²) in [4.78, 5) is 10.9. The summed E-state index contributed by atoms with van der Waals surface area (Å²) in [6.45, 7) is 0.951. The number of carbonyl (C=O) groups excluding carboxylic acids is 1. The van der Waals surface area contributed by atoms with Crippen molar-refractivity contribution < 1.29 is 31.1 Å². The molecule has 0 saturated carbocycles. The SMILES string of the molecule is Cc1ccc(C(F)(F)F)c(C(=O)Cl)c1C(F)(F)F. The number of hydrogen-bond donors (Lipinski definition) is 0. The van der Waals surface area contributed by atoms with Gasteiger partial charge in [-0.2, -0.15) is 26.3 Å². The third-order valence-electron chi connectivity index (χ3n) is 2.20. The van der Waals surface area contributed by atoms with Crippen LogP contribution in [0.25, 0.3) is 0 Å². The van der Waals surface area contributed by atoms with Crippen molar-refractivity contribution >= 4 is 16.8 Å². The van der Waals surface area contributed by atoms with Gasteiger partial charge in [0.05, 0.1) is 16.7 Å². The van der Waals surface area contributed by atoms with Crippen LogP contribution >= 0.6 is 11.6 Å². The second-order valence-electron chi connectivity index (χ2n) is 3.45. The third kappa shape index (κ3) is 2.77. The van der Waals surface area contributed by atoms with Crippen LogP contribution in [0.5, 0.6) is 0 Å². The summed E-state index contributed by atoms with van der Waals surface area (Å²) in [6, 6.07) is 1.05. The van der Waals surface area contributed by atoms with Crippen molar-refractivity contribution in [3.05, 3.63) is 34.4 Å². The minimum absolute atomic E-state index is 0.403. The van der Waals surface area contributed by atoms with Crippen molar-refractivity contribution in [3.63, 3.8) is 0 Å². The van der Waals surface area contributed by atoms with Crippen LogP contribution in [0.4, 0.5) is 26.3 Å². The van der Waals surface area contributed by atoms with Crippen molar-refractivity contribution in [2.45, 2.75) is 19.3 Å². The Morgan fingerprint density at radius 1 is 1.06 bits per heavy atom. The lowest BCUT2D eigenvalue weighted by atomic mass is 9.96. The molecule has 18 heavy (non-hydrogen) atoms. The Bertz CT molecular complexity index is 488. The van der Waals surface area contributed by atoms with Gasteiger partial charge in [0.2, 0.25) is 0 Å². The number of hydrogen-bond acceptors (Lipinski definition) is 1. The quantitative estimate of drug-likeness (QED) is 0.553. The van der Waals surface area contributed by atoms with Gasteiger partial charge < -0.3 is 0 Å². The van der Waals surface area contributed by atoms with Gasteiger partial charge in [-0.1, -0.05) is 6.07 Å². The first kappa shape index (κ1) is 14.8. The zero-order chi connectivity index (χ0) is 14.3. The summed E-state index contributed by atoms with van der Waals surface area (Å²) in [5, 5.41) is -1.79. The number of aryl methyl sites for hydroxylation is 1. The average molecular weight is 291 g/mol. The lowest BCUT2D eigenvalue weighted by Gasteiger charge is -2.18. The van der Waals surface area contributed by atoms with E-state index in [2.05, 4.69) is 0 Å². The largest absolute Gasteiger partial charge is 0.417 e. The number of rotatable bonds is 1. The minimum Gasteiger partial charge on any atom is -0.276 e. The van der Waals surface area contributed by atoms with Crippen molar-refractivity contribution in [1.29, 1.82) is 0 Å². The number of halogens is 7. The molecular weight excluding hydrogens is 286 g/mol. The predicted molar refractivity (Wildman–Crippen MR) is 51.4 cm³/mol. The van der Waals surface area contributed by atoms with E-state index in [9.17, 15) is 31.1 Å². The molecule has 1 rings (SSSR count). The normalized spacial score (nSPS) is 12.7. The second-order valence-corrected chi connectivity index (χ2v) is 3.79. The molecule has 0 aromatic heterocycles. The van der Waals surface area contributed by atoms with Crippen LogP contribution in [0.3, 0.4) is 0 Å². The molecule has 0 radical (unpaired) electrons. The Morgan fingerprint density at radius 2 is 1.56 bits per heavy atom. The Balaban J connectivity index is 3.76. The van der Waals surface area contributed by atoms with Gasteiger partial charge in [0.1, 0.15) is 0 Å². The molecular formula is C10H5ClF6O. The van der Waals surface area contributed by atoms with Gasteiger partial charge in [-0.05, 0) is 30.2 Å². The van der Waals surface area contributed by atoms with E-state index in [-0.39, 0.29) is 0 Å². The van der Waals surface area contributed by atoms with Crippen LogP contribution < -0.4 is 0 Å². The van der Waals surface area contributed by atoms with Gasteiger partial charge in [-0.25, -0.2) is 0 Å². The fourth-order valence-corrected chi connectivity index (χ4v) is 1.71. The highest BCUT2D eigenvalue weighted by Crippen LogP contribution is 2.41. The van der Waals surface area contributed by atoms with Gasteiger partial charge in [-0.3, -0.25) is 4.79 Å². The first-order valence-electron chi connectivity index (χ1n) is 4.44. The maximum atomic E-state index is 12.7. The molecule has 0 atom stereocenters. The van der Waals surface area contributed by atoms with E-state index < -0.39 is 39.8 Å². The van der Waals surface area contributed by atoms with Gasteiger partial charge in [0.25, 0.3) is 5.24 Å². The zero-order valence-corrected chi connectivity index (χ0v) is 9.46. The molecule has 0 amide bonds. The molecule has 0 fully saturated rings. The van der Waals surface area contributed by atoms with Crippen LogP contribution in [0.15, 0.2) is 12.1 Å². The smallest absolute Gasteiger partial charge is 0.276 e. The average Bonchev–Trinajstić information content (AvgIpc) is 2.12. The number of benzene rings is 1. The zero-order valence-electron chi connectivity index (χ0n) is 8.71. The van der Waals surface area contributed by atoms with Crippen molar-refractivity contribution in [1.82, 2.24) is 0 Å². The minimum atomic E-state index is -5.09. The summed E-state index contributed by atoms with van der Waals surface area (Å²) in [7, 11) is 0. The first-order valence-corrected chi connectivity index (χ1v) is 4.82. The molecule has 100 valence electrons. The fourth-order valence-electron chi connectivity index (χ4n) is 1.51. The van der Waals surface area contributed by atoms with Crippen LogP contribution in [-0.2, 0) is 12.4 Å². The second kappa shape index (κ2) is 4.46. The molecule has 8 heteroatoms. The van der Waals surface area contributed by atoms with E-state index in [1.165, 1.54) is 0 Å². The number of alkyl halides is 6. The Labute approximate surface area is 102 Å². The summed E-state index contributed by atoms with van der Waals surface area (Å²) < 4.78 is 75.6. The van der Waals surface area contributed by atoms with Crippen LogP contribution in [0, 0.1) is 6.92 Å². The molecule has 0 N–H and O–H groups in total. The predicted octanol–water partition coefficient (Wildman–Crippen LogP) is 4.41. The summed E-state index contributed by atoms with van der Waals surface area (Å²) >= 11 is 4.86. The van der Waals surface area contributed by atoms with Gasteiger partial charge in [0.15, 0.2) is 0 Å². The van der Waals surface area contributed by atoms with E-state index in [1.54, 1.807) is 0 Å². The van der Waals surface area contributed by atoms with Crippen molar-refractivity contribution in [3.8, 4) is 0 Å². The van der Waals surface area contributed by atoms with Crippen molar-refractivity contribution in [2.24, 2.45) is 0 Å². The molecule has 1 nitrogen and oxygen atoms in total. The van der Waals surface area contributed by atoms with E-state index in [1.807, 2.05) is 0 Å². The molecule has 1 aromatic carbocycles. The first-order chi connectivity index (χ1) is 7.96. The lowest BCUT2D eigenvalue weighted by Crippen LogP contribution is -2.19. The summed E-state index contributed by atoms with van der Waals surface area (Å²) in [5.41, 5.74) is -5.41. The maximum absolute atomic E-state index is 12.7. The lowest BCUT2D eigenvalue weighted by molar-refractivity contribution is -0.143. The molecule has 0 saturated heterocycles. The van der Waals surface area contributed by atoms with Crippen LogP contribution in [0.2, 0.25) is 0 Å². The van der Waals surface area contributed by atoms with Gasteiger partial charge in [0, 0.05) is 0 Å². The summed E-state index contributed by atoms with van der Waals surface area (Å²) in [5.74, 6) is 0. The Hall–Kier alpha value is -1.24. The topological polar surface area (TPSA) is 17.1 Å². The van der Waals surface area contributed by atoms with Crippen LogP contribution in [0.1, 0.15) is 27.0 Å². The fraction of sp³-hybridized carbons (Fsp3) is 0.300. The molecule has 0 heterocycles. The molecule has 0 unspecified atom stereocenters. The van der Waals surface area contributed by atoms with E-state index >= 15 is 0 Å². The van der Waals surface area contributed by atoms with Crippen molar-refractivity contribution in [2.75, 3.05) is 0 Å². The molecule has 0 aliphatic rings. The monoisotopic (exact) mass is 290 g/mol. The third-order valence-corrected chi connectivity index (χ3v) is 2.39. The molecule has 1 aromatic rings. The van der Waals surface area contributed by atoms with Gasteiger partial charge in [-0.15, -0.1) is 0 Å². The Morgan fingerprint density at radius 3 is 1.89 bits per heavy atom. The van der Waals surface area contributed by atoms with E-state index in [0.717, 1.165) is 6.92 Å². The molecule has 0 spiro atoms. The highest BCUT2D eigenvalue weighted by Gasteiger charge is 2.43. The van der Waals surface area contributed by atoms with Crippen LogP contribution in [-0.4, -0.2) is 5.24 Å². The number of carbonyl (C=O) groups is 1. The highest BCUT2D eigenvalue weighted by molar-refractivity contribution is 6.68. The molecule has 0 bridgehead atoms. The highest BCUT2D eigenvalue weighted by atomic mass is 35.5. The molecule has 0 aliphatic heterocycles. The molecule has 0 aliphatic carbocycles. The summed E-state index contributed by atoms with van der Waals surface area (Å²) in [6.07, 6.45) is -10.2. The van der Waals surface area contributed by atoms with E-state index in [0.29, 0.717) is 12.1 Å². The standard InChI is InChI=1S/C10H5ClF6O/c1-4-2-3-5(9(12,13)14)6(8(11)18)7(4)10(15,16)17/h2-3H,1H3. The Kier molecular flexibility index (Phi) is 3.67. The van der Waals surface area contributed by atoms with Gasteiger partial charge >= 0.3 is 12.4 Å². The maximum Gasteiger partial charge on any atom is 0.417 e.